The van der Waals surface area contributed by atoms with E-state index in [1.165, 1.54) is 0 Å². The largest absolute Gasteiger partial charge is 0.490 e. The molecule has 140 valence electrons. The average Bonchev–Trinajstić information content (AvgIpc) is 2.92. The van der Waals surface area contributed by atoms with Crippen LogP contribution in [0.4, 0.5) is 10.5 Å². The summed E-state index contributed by atoms with van der Waals surface area (Å²) in [6, 6.07) is 12.0. The summed E-state index contributed by atoms with van der Waals surface area (Å²) in [6.07, 6.45) is 1.68. The minimum Gasteiger partial charge on any atom is -0.490 e. The molecule has 0 unspecified atom stereocenters. The lowest BCUT2D eigenvalue weighted by molar-refractivity contribution is -0.113. The number of ether oxygens (including phenoxy) is 2. The Kier molecular flexibility index (Phi) is 6.08. The molecule has 1 aliphatic heterocycles. The van der Waals surface area contributed by atoms with E-state index in [-0.39, 0.29) is 11.1 Å². The van der Waals surface area contributed by atoms with Crippen LogP contribution in [-0.4, -0.2) is 24.4 Å². The topological polar surface area (TPSA) is 55.8 Å². The predicted molar refractivity (Wildman–Crippen MR) is 109 cm³/mol. The Hall–Kier alpha value is -2.44. The van der Waals surface area contributed by atoms with Crippen LogP contribution in [0.15, 0.2) is 47.4 Å². The molecule has 2 aromatic carbocycles. The van der Waals surface area contributed by atoms with Gasteiger partial charge in [-0.3, -0.25) is 9.59 Å². The third-order valence-electron chi connectivity index (χ3n) is 3.74. The Balaban J connectivity index is 1.89. The van der Waals surface area contributed by atoms with Crippen LogP contribution in [0.25, 0.3) is 6.08 Å². The van der Waals surface area contributed by atoms with E-state index in [1.54, 1.807) is 42.5 Å². The molecule has 1 saturated heterocycles. The molecule has 0 aliphatic carbocycles. The lowest BCUT2D eigenvalue weighted by atomic mass is 10.1. The Morgan fingerprint density at radius 2 is 1.67 bits per heavy atom. The van der Waals surface area contributed by atoms with E-state index in [2.05, 4.69) is 0 Å². The molecule has 0 atom stereocenters. The van der Waals surface area contributed by atoms with Crippen molar-refractivity contribution in [1.82, 2.24) is 0 Å². The number of carbonyl (C=O) groups excluding carboxylic acids is 2. The number of thioether (sulfide) groups is 1. The van der Waals surface area contributed by atoms with E-state index in [0.717, 1.165) is 22.2 Å². The monoisotopic (exact) mass is 403 g/mol. The van der Waals surface area contributed by atoms with E-state index in [4.69, 9.17) is 21.1 Å². The Labute approximate surface area is 166 Å². The fourth-order valence-electron chi connectivity index (χ4n) is 2.59. The summed E-state index contributed by atoms with van der Waals surface area (Å²) < 4.78 is 11.2. The minimum absolute atomic E-state index is 0.343. The van der Waals surface area contributed by atoms with Gasteiger partial charge in [0.2, 0.25) is 0 Å². The molecule has 2 amide bonds. The molecule has 0 aromatic heterocycles. The van der Waals surface area contributed by atoms with Gasteiger partial charge in [-0.25, -0.2) is 4.90 Å². The minimum atomic E-state index is -0.362. The Morgan fingerprint density at radius 1 is 1.00 bits per heavy atom. The number of nitrogens with zero attached hydrogens (tertiary/aromatic N) is 1. The van der Waals surface area contributed by atoms with Crippen molar-refractivity contribution in [1.29, 1.82) is 0 Å². The van der Waals surface area contributed by atoms with Gasteiger partial charge in [0.25, 0.3) is 11.1 Å². The summed E-state index contributed by atoms with van der Waals surface area (Å²) in [4.78, 5) is 26.5. The molecule has 7 heteroatoms. The molecule has 0 saturated carbocycles. The van der Waals surface area contributed by atoms with Gasteiger partial charge in [0, 0.05) is 5.02 Å². The van der Waals surface area contributed by atoms with Gasteiger partial charge in [-0.1, -0.05) is 17.7 Å². The maximum absolute atomic E-state index is 12.7. The summed E-state index contributed by atoms with van der Waals surface area (Å²) in [5.41, 5.74) is 1.25. The van der Waals surface area contributed by atoms with E-state index < -0.39 is 0 Å². The number of hydrogen-bond acceptors (Lipinski definition) is 5. The maximum Gasteiger partial charge on any atom is 0.298 e. The fraction of sp³-hybridized carbons (Fsp3) is 0.200. The third kappa shape index (κ3) is 4.28. The second-order valence-corrected chi connectivity index (χ2v) is 7.00. The van der Waals surface area contributed by atoms with Crippen molar-refractivity contribution in [3.05, 3.63) is 58.0 Å². The van der Waals surface area contributed by atoms with Gasteiger partial charge in [0.05, 0.1) is 23.8 Å². The highest BCUT2D eigenvalue weighted by Gasteiger charge is 2.36. The van der Waals surface area contributed by atoms with Crippen LogP contribution in [0.5, 0.6) is 11.5 Å². The number of rotatable bonds is 6. The summed E-state index contributed by atoms with van der Waals surface area (Å²) in [5, 5.41) is 0.198. The molecular weight excluding hydrogens is 386 g/mol. The number of imide groups is 1. The zero-order valence-corrected chi connectivity index (χ0v) is 16.5. The predicted octanol–water partition coefficient (Wildman–Crippen LogP) is 5.38. The van der Waals surface area contributed by atoms with Crippen LogP contribution in [0.1, 0.15) is 19.4 Å². The van der Waals surface area contributed by atoms with Gasteiger partial charge in [0.15, 0.2) is 11.5 Å². The molecule has 5 nitrogen and oxygen atoms in total. The first-order valence-corrected chi connectivity index (χ1v) is 9.66. The number of carbonyl (C=O) groups is 2. The second-order valence-electron chi connectivity index (χ2n) is 5.57. The maximum atomic E-state index is 12.7. The summed E-state index contributed by atoms with van der Waals surface area (Å²) >= 11 is 6.78. The average molecular weight is 404 g/mol. The van der Waals surface area contributed by atoms with Crippen LogP contribution >= 0.6 is 23.4 Å². The normalized spacial score (nSPS) is 15.5. The van der Waals surface area contributed by atoms with E-state index in [0.29, 0.717) is 40.3 Å². The summed E-state index contributed by atoms with van der Waals surface area (Å²) in [6.45, 7) is 4.81. The number of benzene rings is 2. The van der Waals surface area contributed by atoms with Crippen LogP contribution in [0, 0.1) is 0 Å². The van der Waals surface area contributed by atoms with Gasteiger partial charge >= 0.3 is 0 Å². The van der Waals surface area contributed by atoms with Crippen LogP contribution in [0.2, 0.25) is 5.02 Å². The molecule has 27 heavy (non-hydrogen) atoms. The highest BCUT2D eigenvalue weighted by atomic mass is 35.5. The van der Waals surface area contributed by atoms with Gasteiger partial charge in [-0.2, -0.15) is 0 Å². The zero-order chi connectivity index (χ0) is 19.4. The van der Waals surface area contributed by atoms with Crippen molar-refractivity contribution in [3.63, 3.8) is 0 Å². The van der Waals surface area contributed by atoms with Crippen molar-refractivity contribution in [2.45, 2.75) is 13.8 Å². The lowest BCUT2D eigenvalue weighted by Gasteiger charge is -2.12. The second kappa shape index (κ2) is 8.50. The molecular formula is C20H18ClNO4S. The smallest absolute Gasteiger partial charge is 0.298 e. The van der Waals surface area contributed by atoms with Crippen LogP contribution in [-0.2, 0) is 4.79 Å². The van der Waals surface area contributed by atoms with Gasteiger partial charge in [-0.05, 0) is 73.6 Å². The van der Waals surface area contributed by atoms with E-state index >= 15 is 0 Å². The van der Waals surface area contributed by atoms with Crippen molar-refractivity contribution < 1.29 is 19.1 Å². The van der Waals surface area contributed by atoms with E-state index in [1.807, 2.05) is 19.9 Å². The number of halogens is 1. The zero-order valence-electron chi connectivity index (χ0n) is 14.9. The highest BCUT2D eigenvalue weighted by molar-refractivity contribution is 8.19. The van der Waals surface area contributed by atoms with Crippen molar-refractivity contribution in [2.75, 3.05) is 18.1 Å². The third-order valence-corrected chi connectivity index (χ3v) is 4.87. The first-order chi connectivity index (χ1) is 13.0. The van der Waals surface area contributed by atoms with Crippen LogP contribution in [0.3, 0.4) is 0 Å². The molecule has 0 radical (unpaired) electrons. The molecule has 1 heterocycles. The van der Waals surface area contributed by atoms with Crippen LogP contribution < -0.4 is 14.4 Å². The Morgan fingerprint density at radius 3 is 2.33 bits per heavy atom. The first-order valence-electron chi connectivity index (χ1n) is 8.46. The number of hydrogen-bond donors (Lipinski definition) is 0. The highest BCUT2D eigenvalue weighted by Crippen LogP contribution is 2.37. The van der Waals surface area contributed by atoms with E-state index in [9.17, 15) is 9.59 Å². The molecule has 0 spiro atoms. The van der Waals surface area contributed by atoms with Crippen molar-refractivity contribution >= 4 is 46.3 Å². The molecule has 3 rings (SSSR count). The number of anilines is 1. The summed E-state index contributed by atoms with van der Waals surface area (Å²) in [7, 11) is 0. The Bertz CT molecular complexity index is 895. The SMILES string of the molecule is CCOc1ccc(/C=C2/SC(=O)N(c3ccc(Cl)cc3)C2=O)cc1OCC. The fourth-order valence-corrected chi connectivity index (χ4v) is 3.56. The quantitative estimate of drug-likeness (QED) is 0.606. The molecule has 1 aliphatic rings. The van der Waals surface area contributed by atoms with Gasteiger partial charge in [-0.15, -0.1) is 0 Å². The standard InChI is InChI=1S/C20H18ClNO4S/c1-3-25-16-10-5-13(11-17(16)26-4-2)12-18-19(23)22(20(24)27-18)15-8-6-14(21)7-9-15/h5-12H,3-4H2,1-2H3/b18-12+. The molecule has 1 fully saturated rings. The molecule has 0 N–H and O–H groups in total. The van der Waals surface area contributed by atoms with Gasteiger partial charge in [0.1, 0.15) is 0 Å². The number of amides is 2. The molecule has 0 bridgehead atoms. The van der Waals surface area contributed by atoms with Crippen molar-refractivity contribution in [2.24, 2.45) is 0 Å². The first kappa shape index (κ1) is 19.3. The van der Waals surface area contributed by atoms with Gasteiger partial charge < -0.3 is 9.47 Å². The summed E-state index contributed by atoms with van der Waals surface area (Å²) in [5.74, 6) is 0.884. The molecule has 2 aromatic rings. The lowest BCUT2D eigenvalue weighted by Crippen LogP contribution is -2.27. The van der Waals surface area contributed by atoms with Crippen molar-refractivity contribution in [3.8, 4) is 11.5 Å².